The SMILES string of the molecule is CC.CCC(=O)c1cc(C)cc(C)n1.Cc1cc(C)nc(C(=O)O)c1. The monoisotopic (exact) mass is 344 g/mol. The van der Waals surface area contributed by atoms with Crippen molar-refractivity contribution in [2.75, 3.05) is 0 Å². The molecule has 136 valence electrons. The number of carboxylic acid groups (broad SMARTS) is 1. The summed E-state index contributed by atoms with van der Waals surface area (Å²) in [6.07, 6.45) is 0.524. The first-order valence-electron chi connectivity index (χ1n) is 8.40. The Balaban J connectivity index is 0.000000421. The number of carbonyl (C=O) groups excluding carboxylic acids is 1. The largest absolute Gasteiger partial charge is 0.477 e. The maximum atomic E-state index is 11.3. The van der Waals surface area contributed by atoms with Gasteiger partial charge in [0.15, 0.2) is 5.78 Å². The maximum Gasteiger partial charge on any atom is 0.354 e. The molecule has 2 rings (SSSR count). The molecule has 2 aromatic heterocycles. The van der Waals surface area contributed by atoms with Crippen LogP contribution in [0.25, 0.3) is 0 Å². The Morgan fingerprint density at radius 2 is 1.24 bits per heavy atom. The average Bonchev–Trinajstić information content (AvgIpc) is 2.54. The predicted molar refractivity (Wildman–Crippen MR) is 100 cm³/mol. The molecule has 25 heavy (non-hydrogen) atoms. The molecule has 2 aromatic rings. The van der Waals surface area contributed by atoms with Gasteiger partial charge in [-0.25, -0.2) is 9.78 Å². The molecule has 0 aliphatic carbocycles. The molecule has 0 fully saturated rings. The first kappa shape index (κ1) is 22.4. The molecule has 0 amide bonds. The Morgan fingerprint density at radius 3 is 1.60 bits per heavy atom. The van der Waals surface area contributed by atoms with E-state index < -0.39 is 5.97 Å². The van der Waals surface area contributed by atoms with Crippen LogP contribution in [0.2, 0.25) is 0 Å². The van der Waals surface area contributed by atoms with Gasteiger partial charge in [-0.1, -0.05) is 20.8 Å². The average molecular weight is 344 g/mol. The lowest BCUT2D eigenvalue weighted by molar-refractivity contribution is 0.0690. The maximum absolute atomic E-state index is 11.3. The smallest absolute Gasteiger partial charge is 0.354 e. The normalized spacial score (nSPS) is 9.24. The Bertz CT molecular complexity index is 684. The van der Waals surface area contributed by atoms with Crippen LogP contribution in [0.1, 0.15) is 70.7 Å². The lowest BCUT2D eigenvalue weighted by Crippen LogP contribution is -2.01. The van der Waals surface area contributed by atoms with E-state index in [1.54, 1.807) is 13.0 Å². The Morgan fingerprint density at radius 1 is 0.840 bits per heavy atom. The summed E-state index contributed by atoms with van der Waals surface area (Å²) in [6, 6.07) is 7.19. The van der Waals surface area contributed by atoms with Crippen molar-refractivity contribution >= 4 is 11.8 Å². The van der Waals surface area contributed by atoms with Gasteiger partial charge in [0.2, 0.25) is 0 Å². The summed E-state index contributed by atoms with van der Waals surface area (Å²) in [5.74, 6) is -0.862. The molecule has 5 nitrogen and oxygen atoms in total. The second kappa shape index (κ2) is 11.1. The van der Waals surface area contributed by atoms with Crippen LogP contribution in [-0.4, -0.2) is 26.8 Å². The number of nitrogens with zero attached hydrogens (tertiary/aromatic N) is 2. The van der Waals surface area contributed by atoms with E-state index in [9.17, 15) is 9.59 Å². The van der Waals surface area contributed by atoms with E-state index >= 15 is 0 Å². The van der Waals surface area contributed by atoms with Crippen LogP contribution >= 0.6 is 0 Å². The van der Waals surface area contributed by atoms with Crippen LogP contribution < -0.4 is 0 Å². The van der Waals surface area contributed by atoms with Crippen LogP contribution in [0, 0.1) is 27.7 Å². The third-order valence-electron chi connectivity index (χ3n) is 3.02. The number of aromatic nitrogens is 2. The van der Waals surface area contributed by atoms with Gasteiger partial charge in [0.05, 0.1) is 0 Å². The van der Waals surface area contributed by atoms with E-state index in [-0.39, 0.29) is 11.5 Å². The Hall–Kier alpha value is -2.56. The number of carboxylic acids is 1. The third kappa shape index (κ3) is 8.20. The van der Waals surface area contributed by atoms with E-state index in [1.807, 2.05) is 59.7 Å². The Labute approximate surface area is 150 Å². The van der Waals surface area contributed by atoms with Crippen molar-refractivity contribution in [2.24, 2.45) is 0 Å². The summed E-state index contributed by atoms with van der Waals surface area (Å²) in [5, 5.41) is 8.57. The van der Waals surface area contributed by atoms with Crippen molar-refractivity contribution in [1.29, 1.82) is 0 Å². The summed E-state index contributed by atoms with van der Waals surface area (Å²) < 4.78 is 0. The fourth-order valence-corrected chi connectivity index (χ4v) is 2.12. The predicted octanol–water partition coefficient (Wildman–Crippen LogP) is 4.71. The Kier molecular flexibility index (Phi) is 9.94. The zero-order valence-electron chi connectivity index (χ0n) is 16.2. The highest BCUT2D eigenvalue weighted by Crippen LogP contribution is 2.06. The molecule has 0 spiro atoms. The standard InChI is InChI=1S/C10H13NO.C8H9NO2.C2H6/c1-4-10(12)9-6-7(2)5-8(3)11-9;1-5-3-6(2)9-7(4-5)8(10)11;1-2/h5-6H,4H2,1-3H3;3-4H,1-2H3,(H,10,11);1-2H3. The van der Waals surface area contributed by atoms with E-state index in [4.69, 9.17) is 5.11 Å². The van der Waals surface area contributed by atoms with Crippen molar-refractivity contribution in [3.05, 3.63) is 58.2 Å². The summed E-state index contributed by atoms with van der Waals surface area (Å²) >= 11 is 0. The summed E-state index contributed by atoms with van der Waals surface area (Å²) in [4.78, 5) is 29.7. The molecule has 5 heteroatoms. The number of hydrogen-bond acceptors (Lipinski definition) is 4. The number of Topliss-reactive ketones (excluding diaryl/α,β-unsaturated/α-hetero) is 1. The van der Waals surface area contributed by atoms with Gasteiger partial charge < -0.3 is 5.11 Å². The topological polar surface area (TPSA) is 80.2 Å². The zero-order chi connectivity index (χ0) is 19.6. The quantitative estimate of drug-likeness (QED) is 0.815. The molecule has 0 aliphatic heterocycles. The van der Waals surface area contributed by atoms with Gasteiger partial charge in [0, 0.05) is 17.8 Å². The summed E-state index contributed by atoms with van der Waals surface area (Å²) in [6.45, 7) is 13.4. The molecule has 0 saturated carbocycles. The van der Waals surface area contributed by atoms with E-state index in [2.05, 4.69) is 9.97 Å². The minimum absolute atomic E-state index is 0.113. The molecule has 0 bridgehead atoms. The molecule has 0 atom stereocenters. The van der Waals surface area contributed by atoms with Crippen LogP contribution in [0.5, 0.6) is 0 Å². The number of rotatable bonds is 3. The van der Waals surface area contributed by atoms with Gasteiger partial charge in [-0.15, -0.1) is 0 Å². The van der Waals surface area contributed by atoms with E-state index in [1.165, 1.54) is 0 Å². The van der Waals surface area contributed by atoms with Crippen LogP contribution in [0.15, 0.2) is 24.3 Å². The van der Waals surface area contributed by atoms with Crippen LogP contribution in [0.4, 0.5) is 0 Å². The fourth-order valence-electron chi connectivity index (χ4n) is 2.12. The molecular weight excluding hydrogens is 316 g/mol. The highest BCUT2D eigenvalue weighted by molar-refractivity contribution is 5.94. The van der Waals surface area contributed by atoms with Gasteiger partial charge in [-0.05, 0) is 63.1 Å². The number of ketones is 1. The number of carbonyl (C=O) groups is 2. The molecule has 0 aromatic carbocycles. The van der Waals surface area contributed by atoms with Gasteiger partial charge in [0.1, 0.15) is 11.4 Å². The molecule has 0 aliphatic rings. The molecule has 0 radical (unpaired) electrons. The zero-order valence-corrected chi connectivity index (χ0v) is 16.2. The van der Waals surface area contributed by atoms with Crippen molar-refractivity contribution in [1.82, 2.24) is 9.97 Å². The molecular formula is C20H28N2O3. The van der Waals surface area contributed by atoms with E-state index in [0.717, 1.165) is 22.5 Å². The lowest BCUT2D eigenvalue weighted by atomic mass is 10.1. The number of hydrogen-bond donors (Lipinski definition) is 1. The lowest BCUT2D eigenvalue weighted by Gasteiger charge is -2.00. The van der Waals surface area contributed by atoms with Gasteiger partial charge in [-0.3, -0.25) is 9.78 Å². The summed E-state index contributed by atoms with van der Waals surface area (Å²) in [7, 11) is 0. The van der Waals surface area contributed by atoms with E-state index in [0.29, 0.717) is 12.1 Å². The molecule has 0 saturated heterocycles. The summed E-state index contributed by atoms with van der Waals surface area (Å²) in [5.41, 5.74) is 4.38. The third-order valence-corrected chi connectivity index (χ3v) is 3.02. The van der Waals surface area contributed by atoms with Crippen molar-refractivity contribution in [3.8, 4) is 0 Å². The number of pyridine rings is 2. The van der Waals surface area contributed by atoms with Gasteiger partial charge in [-0.2, -0.15) is 0 Å². The van der Waals surface area contributed by atoms with Crippen molar-refractivity contribution in [3.63, 3.8) is 0 Å². The number of aromatic carboxylic acids is 1. The van der Waals surface area contributed by atoms with Crippen LogP contribution in [-0.2, 0) is 0 Å². The fraction of sp³-hybridized carbons (Fsp3) is 0.400. The highest BCUT2D eigenvalue weighted by atomic mass is 16.4. The molecule has 1 N–H and O–H groups in total. The molecule has 0 unspecified atom stereocenters. The van der Waals surface area contributed by atoms with Gasteiger partial charge in [0.25, 0.3) is 0 Å². The minimum Gasteiger partial charge on any atom is -0.477 e. The number of aryl methyl sites for hydroxylation is 4. The molecule has 2 heterocycles. The first-order chi connectivity index (χ1) is 11.7. The van der Waals surface area contributed by atoms with Gasteiger partial charge >= 0.3 is 5.97 Å². The van der Waals surface area contributed by atoms with Crippen LogP contribution in [0.3, 0.4) is 0 Å². The second-order valence-corrected chi connectivity index (χ2v) is 5.42. The van der Waals surface area contributed by atoms with Crippen molar-refractivity contribution < 1.29 is 14.7 Å². The highest BCUT2D eigenvalue weighted by Gasteiger charge is 2.05. The minimum atomic E-state index is -0.975. The first-order valence-corrected chi connectivity index (χ1v) is 8.40. The second-order valence-electron chi connectivity index (χ2n) is 5.42. The van der Waals surface area contributed by atoms with Crippen molar-refractivity contribution in [2.45, 2.75) is 54.9 Å².